The molecule has 0 aliphatic heterocycles. The van der Waals surface area contributed by atoms with Gasteiger partial charge in [0, 0.05) is 5.88 Å². The Hall–Kier alpha value is -2.05. The maximum atomic E-state index is 5.95. The summed E-state index contributed by atoms with van der Waals surface area (Å²) >= 11 is 5.95. The predicted molar refractivity (Wildman–Crippen MR) is 145 cm³/mol. The first-order valence-electron chi connectivity index (χ1n) is 12.3. The van der Waals surface area contributed by atoms with Crippen molar-refractivity contribution in [3.05, 3.63) is 107 Å². The van der Waals surface area contributed by atoms with Gasteiger partial charge < -0.3 is 0 Å². The third-order valence-electron chi connectivity index (χ3n) is 5.90. The molecule has 3 rings (SSSR count). The lowest BCUT2D eigenvalue weighted by atomic mass is 9.79. The summed E-state index contributed by atoms with van der Waals surface area (Å²) in [5.74, 6) is 2.17. The van der Waals surface area contributed by atoms with E-state index in [1.54, 1.807) is 0 Å². The summed E-state index contributed by atoms with van der Waals surface area (Å²) in [6, 6.07) is 28.8. The second-order valence-corrected chi connectivity index (χ2v) is 8.43. The summed E-state index contributed by atoms with van der Waals surface area (Å²) in [4.78, 5) is 0. The van der Waals surface area contributed by atoms with E-state index in [9.17, 15) is 0 Å². The van der Waals surface area contributed by atoms with Gasteiger partial charge in [0.25, 0.3) is 0 Å². The highest BCUT2D eigenvalue weighted by Crippen LogP contribution is 2.37. The molecule has 3 unspecified atom stereocenters. The number of aryl methyl sites for hydroxylation is 1. The van der Waals surface area contributed by atoms with Crippen LogP contribution in [0.5, 0.6) is 0 Å². The molecule has 3 atom stereocenters. The number of hydrogen-bond acceptors (Lipinski definition) is 0. The van der Waals surface area contributed by atoms with Crippen LogP contribution in [0.25, 0.3) is 0 Å². The van der Waals surface area contributed by atoms with E-state index in [1.807, 2.05) is 27.7 Å². The Balaban J connectivity index is 0.00000121. The van der Waals surface area contributed by atoms with E-state index in [-0.39, 0.29) is 0 Å². The Bertz CT molecular complexity index is 834. The number of hydrogen-bond donors (Lipinski definition) is 0. The molecule has 0 aromatic heterocycles. The highest BCUT2D eigenvalue weighted by molar-refractivity contribution is 6.17. The lowest BCUT2D eigenvalue weighted by molar-refractivity contribution is 0.489. The average Bonchev–Trinajstić information content (AvgIpc) is 2.87. The maximum Gasteiger partial charge on any atom is 0.0474 e. The quantitative estimate of drug-likeness (QED) is 0.299. The standard InChI is InChI=1S/C27H31Cl.2C2H6/c1-20-9-13-24(14-10-20)21(2)17-27(26-7-5-4-6-8-26)18-22(3)25-15-11-23(19-28)12-16-25;2*1-2/h4-16,21-22,27H,17-19H2,1-3H3;2*1-2H3. The van der Waals surface area contributed by atoms with E-state index < -0.39 is 0 Å². The minimum atomic E-state index is 0.514. The summed E-state index contributed by atoms with van der Waals surface area (Å²) in [7, 11) is 0. The number of benzene rings is 3. The summed E-state index contributed by atoms with van der Waals surface area (Å²) in [6.45, 7) is 14.9. The molecule has 3 aromatic rings. The fourth-order valence-corrected chi connectivity index (χ4v) is 4.23. The summed E-state index contributed by atoms with van der Waals surface area (Å²) in [6.07, 6.45) is 2.32. The molecular formula is C31H43Cl. The van der Waals surface area contributed by atoms with Gasteiger partial charge in [0.15, 0.2) is 0 Å². The van der Waals surface area contributed by atoms with Crippen LogP contribution in [-0.2, 0) is 5.88 Å². The molecule has 0 saturated heterocycles. The predicted octanol–water partition coefficient (Wildman–Crippen LogP) is 10.3. The molecule has 3 aromatic carbocycles. The van der Waals surface area contributed by atoms with Gasteiger partial charge in [-0.3, -0.25) is 0 Å². The molecular weight excluding hydrogens is 408 g/mol. The van der Waals surface area contributed by atoms with E-state index in [0.717, 1.165) is 12.8 Å². The lowest BCUT2D eigenvalue weighted by Crippen LogP contribution is -2.08. The van der Waals surface area contributed by atoms with Crippen molar-refractivity contribution >= 4 is 11.6 Å². The first-order chi connectivity index (χ1) is 15.6. The minimum Gasteiger partial charge on any atom is -0.122 e. The van der Waals surface area contributed by atoms with E-state index in [1.165, 1.54) is 27.8 Å². The molecule has 0 aliphatic carbocycles. The summed E-state index contributed by atoms with van der Waals surface area (Å²) < 4.78 is 0. The first kappa shape index (κ1) is 28.0. The van der Waals surface area contributed by atoms with Crippen LogP contribution < -0.4 is 0 Å². The Morgan fingerprint density at radius 1 is 0.594 bits per heavy atom. The topological polar surface area (TPSA) is 0 Å². The smallest absolute Gasteiger partial charge is 0.0474 e. The fraction of sp³-hybridized carbons (Fsp3) is 0.419. The largest absolute Gasteiger partial charge is 0.122 e. The Morgan fingerprint density at radius 2 is 1.03 bits per heavy atom. The van der Waals surface area contributed by atoms with Gasteiger partial charge in [-0.25, -0.2) is 0 Å². The molecule has 0 bridgehead atoms. The van der Waals surface area contributed by atoms with Crippen molar-refractivity contribution in [3.63, 3.8) is 0 Å². The molecule has 1 heteroatoms. The molecule has 0 spiro atoms. The van der Waals surface area contributed by atoms with Crippen molar-refractivity contribution in [3.8, 4) is 0 Å². The fourth-order valence-electron chi connectivity index (χ4n) is 4.05. The van der Waals surface area contributed by atoms with Gasteiger partial charge in [-0.1, -0.05) is 126 Å². The molecule has 0 heterocycles. The zero-order valence-corrected chi connectivity index (χ0v) is 22.0. The third kappa shape index (κ3) is 8.83. The van der Waals surface area contributed by atoms with E-state index in [0.29, 0.717) is 23.6 Å². The summed E-state index contributed by atoms with van der Waals surface area (Å²) in [5.41, 5.74) is 6.80. The van der Waals surface area contributed by atoms with Gasteiger partial charge in [0.2, 0.25) is 0 Å². The number of alkyl halides is 1. The van der Waals surface area contributed by atoms with Crippen LogP contribution in [0.15, 0.2) is 78.9 Å². The Morgan fingerprint density at radius 3 is 1.47 bits per heavy atom. The number of rotatable bonds is 8. The van der Waals surface area contributed by atoms with Crippen LogP contribution in [0.4, 0.5) is 0 Å². The van der Waals surface area contributed by atoms with Crippen LogP contribution in [0.2, 0.25) is 0 Å². The second kappa shape index (κ2) is 15.7. The molecule has 0 N–H and O–H groups in total. The van der Waals surface area contributed by atoms with Gasteiger partial charge in [-0.2, -0.15) is 0 Å². The monoisotopic (exact) mass is 450 g/mol. The van der Waals surface area contributed by atoms with Crippen molar-refractivity contribution in [2.45, 2.75) is 84.9 Å². The highest BCUT2D eigenvalue weighted by atomic mass is 35.5. The Labute approximate surface area is 203 Å². The van der Waals surface area contributed by atoms with Gasteiger partial charge in [-0.05, 0) is 59.8 Å². The first-order valence-corrected chi connectivity index (χ1v) is 12.9. The summed E-state index contributed by atoms with van der Waals surface area (Å²) in [5, 5.41) is 0. The molecule has 0 amide bonds. The van der Waals surface area contributed by atoms with Crippen molar-refractivity contribution in [1.82, 2.24) is 0 Å². The van der Waals surface area contributed by atoms with Crippen LogP contribution in [0.1, 0.15) is 100.0 Å². The van der Waals surface area contributed by atoms with Crippen LogP contribution in [0, 0.1) is 6.92 Å². The highest BCUT2D eigenvalue weighted by Gasteiger charge is 2.20. The average molecular weight is 451 g/mol. The van der Waals surface area contributed by atoms with E-state index in [2.05, 4.69) is 99.6 Å². The van der Waals surface area contributed by atoms with Crippen LogP contribution in [0.3, 0.4) is 0 Å². The zero-order valence-electron chi connectivity index (χ0n) is 21.2. The SMILES string of the molecule is CC.CC.Cc1ccc(C(C)CC(CC(C)c2ccc(CCl)cc2)c2ccccc2)cc1. The van der Waals surface area contributed by atoms with Crippen molar-refractivity contribution in [1.29, 1.82) is 0 Å². The molecule has 0 saturated carbocycles. The number of halogens is 1. The molecule has 174 valence electrons. The molecule has 0 aliphatic rings. The van der Waals surface area contributed by atoms with Gasteiger partial charge in [-0.15, -0.1) is 11.6 Å². The third-order valence-corrected chi connectivity index (χ3v) is 6.21. The van der Waals surface area contributed by atoms with E-state index >= 15 is 0 Å². The molecule has 0 nitrogen and oxygen atoms in total. The van der Waals surface area contributed by atoms with E-state index in [4.69, 9.17) is 11.6 Å². The Kier molecular flexibility index (Phi) is 13.7. The minimum absolute atomic E-state index is 0.514. The second-order valence-electron chi connectivity index (χ2n) is 8.17. The lowest BCUT2D eigenvalue weighted by Gasteiger charge is -2.25. The molecule has 0 radical (unpaired) electrons. The van der Waals surface area contributed by atoms with Crippen molar-refractivity contribution < 1.29 is 0 Å². The van der Waals surface area contributed by atoms with Gasteiger partial charge >= 0.3 is 0 Å². The van der Waals surface area contributed by atoms with Crippen molar-refractivity contribution in [2.75, 3.05) is 0 Å². The van der Waals surface area contributed by atoms with Gasteiger partial charge in [0.1, 0.15) is 0 Å². The maximum absolute atomic E-state index is 5.95. The molecule has 32 heavy (non-hydrogen) atoms. The zero-order chi connectivity index (χ0) is 23.9. The van der Waals surface area contributed by atoms with Crippen LogP contribution >= 0.6 is 11.6 Å². The normalized spacial score (nSPS) is 13.0. The van der Waals surface area contributed by atoms with Crippen molar-refractivity contribution in [2.24, 2.45) is 0 Å². The van der Waals surface area contributed by atoms with Crippen LogP contribution in [-0.4, -0.2) is 0 Å². The van der Waals surface area contributed by atoms with Gasteiger partial charge in [0.05, 0.1) is 0 Å². The molecule has 0 fully saturated rings.